The van der Waals surface area contributed by atoms with E-state index in [4.69, 9.17) is 9.47 Å². The molecular formula is C23H27NO5S. The number of amides is 1. The number of rotatable bonds is 6. The van der Waals surface area contributed by atoms with E-state index in [9.17, 15) is 13.2 Å². The number of hydrogen-bond donors (Lipinski definition) is 0. The van der Waals surface area contributed by atoms with E-state index in [1.165, 1.54) is 0 Å². The van der Waals surface area contributed by atoms with Crippen LogP contribution in [0, 0.1) is 6.92 Å². The Balaban J connectivity index is 1.57. The summed E-state index contributed by atoms with van der Waals surface area (Å²) < 4.78 is 38.6. The summed E-state index contributed by atoms with van der Waals surface area (Å²) >= 11 is 0. The van der Waals surface area contributed by atoms with Gasteiger partial charge < -0.3 is 9.47 Å². The first-order valence-electron chi connectivity index (χ1n) is 10.4. The zero-order valence-corrected chi connectivity index (χ0v) is 18.2. The lowest BCUT2D eigenvalue weighted by Crippen LogP contribution is -2.32. The van der Waals surface area contributed by atoms with E-state index in [2.05, 4.69) is 0 Å². The van der Waals surface area contributed by atoms with Crippen molar-refractivity contribution in [2.24, 2.45) is 0 Å². The maximum atomic E-state index is 13.0. The quantitative estimate of drug-likeness (QED) is 0.693. The summed E-state index contributed by atoms with van der Waals surface area (Å²) in [6.45, 7) is 2.02. The van der Waals surface area contributed by atoms with Gasteiger partial charge in [-0.05, 0) is 62.4 Å². The highest BCUT2D eigenvalue weighted by molar-refractivity contribution is 7.89. The number of ether oxygens (including phenoxy) is 2. The fourth-order valence-electron chi connectivity index (χ4n) is 4.20. The van der Waals surface area contributed by atoms with E-state index in [-0.39, 0.29) is 35.8 Å². The molecule has 1 aliphatic heterocycles. The summed E-state index contributed by atoms with van der Waals surface area (Å²) in [7, 11) is -2.26. The number of carbonyl (C=O) groups excluding carboxylic acids is 1. The van der Waals surface area contributed by atoms with Crippen molar-refractivity contribution in [2.75, 3.05) is 13.7 Å². The minimum absolute atomic E-state index is 0.129. The highest BCUT2D eigenvalue weighted by Crippen LogP contribution is 2.38. The highest BCUT2D eigenvalue weighted by Gasteiger charge is 2.39. The van der Waals surface area contributed by atoms with E-state index in [1.54, 1.807) is 31.4 Å². The molecule has 2 aromatic rings. The van der Waals surface area contributed by atoms with Crippen LogP contribution >= 0.6 is 0 Å². The second kappa shape index (κ2) is 8.30. The van der Waals surface area contributed by atoms with Crippen LogP contribution in [0.15, 0.2) is 47.4 Å². The lowest BCUT2D eigenvalue weighted by atomic mass is 9.98. The van der Waals surface area contributed by atoms with Crippen molar-refractivity contribution in [3.63, 3.8) is 0 Å². The molecule has 1 amide bonds. The number of sulfonamides is 1. The Hall–Kier alpha value is -2.54. The Morgan fingerprint density at radius 2 is 1.70 bits per heavy atom. The van der Waals surface area contributed by atoms with Gasteiger partial charge in [0.25, 0.3) is 10.0 Å². The van der Waals surface area contributed by atoms with Crippen molar-refractivity contribution in [3.8, 4) is 11.5 Å². The Labute approximate surface area is 177 Å². The summed E-state index contributed by atoms with van der Waals surface area (Å²) in [5.74, 6) is 0.720. The normalized spacial score (nSPS) is 20.0. The van der Waals surface area contributed by atoms with Crippen molar-refractivity contribution < 1.29 is 22.7 Å². The lowest BCUT2D eigenvalue weighted by molar-refractivity contribution is -0.123. The molecule has 0 bridgehead atoms. The molecular weight excluding hydrogens is 402 g/mol. The molecule has 2 aliphatic rings. The topological polar surface area (TPSA) is 72.9 Å². The van der Waals surface area contributed by atoms with Gasteiger partial charge in [-0.1, -0.05) is 23.8 Å². The predicted molar refractivity (Wildman–Crippen MR) is 113 cm³/mol. The summed E-state index contributed by atoms with van der Waals surface area (Å²) in [6, 6.07) is 12.2. The van der Waals surface area contributed by atoms with Gasteiger partial charge in [-0.15, -0.1) is 0 Å². The average Bonchev–Trinajstić information content (AvgIpc) is 3.38. The Morgan fingerprint density at radius 1 is 1.00 bits per heavy atom. The molecule has 1 saturated carbocycles. The first-order valence-corrected chi connectivity index (χ1v) is 11.8. The summed E-state index contributed by atoms with van der Waals surface area (Å²) in [5.41, 5.74) is 1.85. The number of methoxy groups -OCH3 is 1. The minimum atomic E-state index is -3.86. The number of carbonyl (C=O) groups is 1. The van der Waals surface area contributed by atoms with Gasteiger partial charge in [0.2, 0.25) is 5.91 Å². The maximum Gasteiger partial charge on any atom is 0.266 e. The first-order chi connectivity index (χ1) is 14.4. The first kappa shape index (κ1) is 20.7. The second-order valence-corrected chi connectivity index (χ2v) is 9.94. The van der Waals surface area contributed by atoms with Gasteiger partial charge in [0.15, 0.2) is 11.5 Å². The minimum Gasteiger partial charge on any atom is -0.493 e. The van der Waals surface area contributed by atoms with Crippen LogP contribution in [0.5, 0.6) is 11.5 Å². The third-order valence-electron chi connectivity index (χ3n) is 5.95. The second-order valence-electron chi connectivity index (χ2n) is 8.08. The third kappa shape index (κ3) is 4.03. The molecule has 0 N–H and O–H groups in total. The van der Waals surface area contributed by atoms with Crippen molar-refractivity contribution >= 4 is 15.9 Å². The SMILES string of the molecule is COc1ccc([C@H]2CC(=O)N(S(=O)(=O)c3ccc(C)cc3)C2)cc1OC1CCCC1. The lowest BCUT2D eigenvalue weighted by Gasteiger charge is -2.19. The smallest absolute Gasteiger partial charge is 0.266 e. The summed E-state index contributed by atoms with van der Waals surface area (Å²) in [4.78, 5) is 12.8. The molecule has 2 aromatic carbocycles. The van der Waals surface area contributed by atoms with Gasteiger partial charge in [-0.25, -0.2) is 12.7 Å². The van der Waals surface area contributed by atoms with Gasteiger partial charge in [-0.2, -0.15) is 0 Å². The summed E-state index contributed by atoms with van der Waals surface area (Å²) in [5, 5.41) is 0. The van der Waals surface area contributed by atoms with E-state index in [0.717, 1.165) is 41.1 Å². The van der Waals surface area contributed by atoms with E-state index < -0.39 is 10.0 Å². The molecule has 0 spiro atoms. The van der Waals surface area contributed by atoms with Crippen LogP contribution in [0.4, 0.5) is 0 Å². The van der Waals surface area contributed by atoms with Gasteiger partial charge >= 0.3 is 0 Å². The van der Waals surface area contributed by atoms with Crippen LogP contribution in [0.25, 0.3) is 0 Å². The molecule has 7 heteroatoms. The van der Waals surface area contributed by atoms with Crippen LogP contribution in [0.1, 0.15) is 49.1 Å². The van der Waals surface area contributed by atoms with E-state index in [1.807, 2.05) is 25.1 Å². The van der Waals surface area contributed by atoms with Crippen LogP contribution in [-0.4, -0.2) is 38.4 Å². The number of aryl methyl sites for hydroxylation is 1. The Morgan fingerprint density at radius 3 is 2.37 bits per heavy atom. The maximum absolute atomic E-state index is 13.0. The molecule has 160 valence electrons. The van der Waals surface area contributed by atoms with Gasteiger partial charge in [0.1, 0.15) is 0 Å². The molecule has 0 aromatic heterocycles. The van der Waals surface area contributed by atoms with Crippen molar-refractivity contribution in [1.82, 2.24) is 4.31 Å². The third-order valence-corrected chi connectivity index (χ3v) is 7.75. The molecule has 1 atom stereocenters. The van der Waals surface area contributed by atoms with Crippen LogP contribution in [0.3, 0.4) is 0 Å². The molecule has 4 rings (SSSR count). The molecule has 1 heterocycles. The van der Waals surface area contributed by atoms with E-state index >= 15 is 0 Å². The standard InChI is InChI=1S/C23H27NO5S/c1-16-7-10-20(11-8-16)30(26,27)24-15-18(14-23(24)25)17-9-12-21(28-2)22(13-17)29-19-5-3-4-6-19/h7-13,18-19H,3-6,14-15H2,1-2H3/t18-/m0/s1. The Kier molecular flexibility index (Phi) is 5.73. The average molecular weight is 430 g/mol. The predicted octanol–water partition coefficient (Wildman–Crippen LogP) is 4.03. The van der Waals surface area contributed by atoms with Gasteiger partial charge in [0.05, 0.1) is 18.1 Å². The molecule has 2 fully saturated rings. The van der Waals surface area contributed by atoms with Crippen molar-refractivity contribution in [3.05, 3.63) is 53.6 Å². The van der Waals surface area contributed by atoms with Gasteiger partial charge in [0, 0.05) is 18.9 Å². The molecule has 30 heavy (non-hydrogen) atoms. The van der Waals surface area contributed by atoms with E-state index in [0.29, 0.717) is 11.5 Å². The molecule has 1 saturated heterocycles. The zero-order valence-electron chi connectivity index (χ0n) is 17.3. The zero-order chi connectivity index (χ0) is 21.3. The summed E-state index contributed by atoms with van der Waals surface area (Å²) in [6.07, 6.45) is 4.71. The highest BCUT2D eigenvalue weighted by atomic mass is 32.2. The van der Waals surface area contributed by atoms with Crippen LogP contribution in [0.2, 0.25) is 0 Å². The number of hydrogen-bond acceptors (Lipinski definition) is 5. The monoisotopic (exact) mass is 429 g/mol. The van der Waals surface area contributed by atoms with Crippen LogP contribution < -0.4 is 9.47 Å². The Bertz CT molecular complexity index is 1030. The largest absolute Gasteiger partial charge is 0.493 e. The van der Waals surface area contributed by atoms with Crippen LogP contribution in [-0.2, 0) is 14.8 Å². The van der Waals surface area contributed by atoms with Crippen molar-refractivity contribution in [2.45, 2.75) is 55.9 Å². The van der Waals surface area contributed by atoms with Crippen molar-refractivity contribution in [1.29, 1.82) is 0 Å². The fraction of sp³-hybridized carbons (Fsp3) is 0.435. The van der Waals surface area contributed by atoms with Gasteiger partial charge in [-0.3, -0.25) is 4.79 Å². The number of nitrogens with zero attached hydrogens (tertiary/aromatic N) is 1. The number of benzene rings is 2. The fourth-order valence-corrected chi connectivity index (χ4v) is 5.65. The molecule has 1 aliphatic carbocycles. The molecule has 0 radical (unpaired) electrons. The molecule has 0 unspecified atom stereocenters. The molecule has 6 nitrogen and oxygen atoms in total.